The van der Waals surface area contributed by atoms with Crippen molar-refractivity contribution in [3.05, 3.63) is 22.7 Å². The van der Waals surface area contributed by atoms with E-state index in [9.17, 15) is 18.0 Å². The first-order chi connectivity index (χ1) is 7.81. The van der Waals surface area contributed by atoms with E-state index in [0.29, 0.717) is 4.47 Å². The van der Waals surface area contributed by atoms with Crippen molar-refractivity contribution in [2.45, 2.75) is 19.7 Å². The Morgan fingerprint density at radius 1 is 1.47 bits per heavy atom. The Hall–Kier alpha value is -1.24. The summed E-state index contributed by atoms with van der Waals surface area (Å²) in [5.41, 5.74) is -0.0163. The molecule has 0 atom stereocenters. The molecule has 0 saturated heterocycles. The average molecular weight is 312 g/mol. The molecule has 0 spiro atoms. The zero-order valence-corrected chi connectivity index (χ0v) is 10.4. The van der Waals surface area contributed by atoms with E-state index >= 15 is 0 Å². The van der Waals surface area contributed by atoms with Crippen molar-refractivity contribution < 1.29 is 22.7 Å². The van der Waals surface area contributed by atoms with E-state index in [0.717, 1.165) is 6.07 Å². The number of carbonyl (C=O) groups excluding carboxylic acids is 1. The van der Waals surface area contributed by atoms with Crippen LogP contribution in [0.1, 0.15) is 13.3 Å². The van der Waals surface area contributed by atoms with Crippen LogP contribution >= 0.6 is 15.9 Å². The number of halogens is 4. The summed E-state index contributed by atoms with van der Waals surface area (Å²) in [6.45, 7) is 1.60. The lowest BCUT2D eigenvalue weighted by molar-refractivity contribution is -0.274. The third-order valence-corrected chi connectivity index (χ3v) is 2.26. The van der Waals surface area contributed by atoms with Crippen molar-refractivity contribution in [1.29, 1.82) is 0 Å². The summed E-state index contributed by atoms with van der Waals surface area (Å²) in [6.07, 6.45) is -4.63. The van der Waals surface area contributed by atoms with Crippen molar-refractivity contribution in [2.24, 2.45) is 0 Å². The summed E-state index contributed by atoms with van der Waals surface area (Å²) < 4.78 is 40.6. The van der Waals surface area contributed by atoms with Crippen LogP contribution in [0.3, 0.4) is 0 Å². The van der Waals surface area contributed by atoms with E-state index in [1.54, 1.807) is 6.92 Å². The van der Waals surface area contributed by atoms with Crippen molar-refractivity contribution in [2.75, 3.05) is 5.32 Å². The maximum Gasteiger partial charge on any atom is 0.573 e. The highest BCUT2D eigenvalue weighted by molar-refractivity contribution is 9.10. The van der Waals surface area contributed by atoms with Gasteiger partial charge in [-0.25, -0.2) is 0 Å². The Morgan fingerprint density at radius 3 is 2.65 bits per heavy atom. The molecule has 0 bridgehead atoms. The van der Waals surface area contributed by atoms with Gasteiger partial charge >= 0.3 is 6.36 Å². The molecule has 0 aliphatic rings. The fourth-order valence-electron chi connectivity index (χ4n) is 1.05. The normalized spacial score (nSPS) is 11.1. The minimum Gasteiger partial charge on any atom is -0.404 e. The van der Waals surface area contributed by atoms with E-state index in [2.05, 4.69) is 26.0 Å². The van der Waals surface area contributed by atoms with Gasteiger partial charge in [-0.2, -0.15) is 0 Å². The molecule has 7 heteroatoms. The summed E-state index contributed by atoms with van der Waals surface area (Å²) in [7, 11) is 0. The van der Waals surface area contributed by atoms with Gasteiger partial charge in [0.15, 0.2) is 5.75 Å². The van der Waals surface area contributed by atoms with Crippen LogP contribution in [0.4, 0.5) is 18.9 Å². The molecule has 0 aromatic heterocycles. The van der Waals surface area contributed by atoms with Crippen molar-refractivity contribution in [3.8, 4) is 5.75 Å². The minimum absolute atomic E-state index is 0.0163. The Kier molecular flexibility index (Phi) is 4.39. The first-order valence-electron chi connectivity index (χ1n) is 4.67. The predicted molar refractivity (Wildman–Crippen MR) is 59.7 cm³/mol. The molecule has 0 unspecified atom stereocenters. The molecule has 1 N–H and O–H groups in total. The molecule has 1 aromatic rings. The van der Waals surface area contributed by atoms with Crippen molar-refractivity contribution in [1.82, 2.24) is 0 Å². The van der Waals surface area contributed by atoms with Gasteiger partial charge in [0.2, 0.25) is 5.91 Å². The van der Waals surface area contributed by atoms with Gasteiger partial charge in [0.25, 0.3) is 0 Å². The van der Waals surface area contributed by atoms with Crippen LogP contribution in [-0.4, -0.2) is 12.3 Å². The van der Waals surface area contributed by atoms with Crippen LogP contribution < -0.4 is 10.1 Å². The van der Waals surface area contributed by atoms with Gasteiger partial charge in [-0.15, -0.1) is 13.2 Å². The summed E-state index contributed by atoms with van der Waals surface area (Å²) in [4.78, 5) is 11.1. The number of hydrogen-bond acceptors (Lipinski definition) is 2. The Labute approximate surface area is 104 Å². The molecule has 0 aliphatic heterocycles. The summed E-state index contributed by atoms with van der Waals surface area (Å²) in [6, 6.07) is 3.98. The number of amides is 1. The molecular formula is C10H9BrF3NO2. The fourth-order valence-corrected chi connectivity index (χ4v) is 1.39. The van der Waals surface area contributed by atoms with Crippen LogP contribution in [0.25, 0.3) is 0 Å². The lowest BCUT2D eigenvalue weighted by atomic mass is 10.3. The highest BCUT2D eigenvalue weighted by Gasteiger charge is 2.32. The van der Waals surface area contributed by atoms with Crippen molar-refractivity contribution >= 4 is 27.5 Å². The van der Waals surface area contributed by atoms with Crippen LogP contribution in [0.5, 0.6) is 5.75 Å². The monoisotopic (exact) mass is 311 g/mol. The van der Waals surface area contributed by atoms with Gasteiger partial charge in [0.05, 0.1) is 5.69 Å². The first kappa shape index (κ1) is 13.8. The van der Waals surface area contributed by atoms with Gasteiger partial charge in [0.1, 0.15) is 0 Å². The molecular weight excluding hydrogens is 303 g/mol. The number of benzene rings is 1. The Morgan fingerprint density at radius 2 is 2.12 bits per heavy atom. The molecule has 1 rings (SSSR count). The molecule has 0 radical (unpaired) electrons. The largest absolute Gasteiger partial charge is 0.573 e. The quantitative estimate of drug-likeness (QED) is 0.924. The Balaban J connectivity index is 2.99. The molecule has 0 saturated carbocycles. The Bertz CT molecular complexity index is 421. The number of nitrogens with one attached hydrogen (secondary N) is 1. The number of carbonyl (C=O) groups is 1. The van der Waals surface area contributed by atoms with E-state index in [4.69, 9.17) is 0 Å². The van der Waals surface area contributed by atoms with E-state index in [-0.39, 0.29) is 18.0 Å². The second-order valence-electron chi connectivity index (χ2n) is 3.09. The highest BCUT2D eigenvalue weighted by atomic mass is 79.9. The molecule has 17 heavy (non-hydrogen) atoms. The molecule has 94 valence electrons. The average Bonchev–Trinajstić information content (AvgIpc) is 2.19. The number of hydrogen-bond donors (Lipinski definition) is 1. The van der Waals surface area contributed by atoms with Gasteiger partial charge < -0.3 is 10.1 Å². The van der Waals surface area contributed by atoms with Crippen LogP contribution in [0.15, 0.2) is 22.7 Å². The van der Waals surface area contributed by atoms with Gasteiger partial charge in [-0.05, 0) is 18.2 Å². The standard InChI is InChI=1S/C10H9BrF3NO2/c1-2-9(16)15-7-4-3-6(11)5-8(7)17-10(12,13)14/h3-5H,2H2,1H3,(H,15,16). The highest BCUT2D eigenvalue weighted by Crippen LogP contribution is 2.32. The molecule has 0 fully saturated rings. The molecule has 3 nitrogen and oxygen atoms in total. The summed E-state index contributed by atoms with van der Waals surface area (Å²) in [5.74, 6) is -0.840. The third-order valence-electron chi connectivity index (χ3n) is 1.76. The van der Waals surface area contributed by atoms with E-state index in [1.165, 1.54) is 12.1 Å². The second-order valence-corrected chi connectivity index (χ2v) is 4.01. The lowest BCUT2D eigenvalue weighted by Gasteiger charge is -2.14. The summed E-state index contributed by atoms with van der Waals surface area (Å²) >= 11 is 3.03. The number of rotatable bonds is 3. The predicted octanol–water partition coefficient (Wildman–Crippen LogP) is 3.70. The third kappa shape index (κ3) is 4.64. The van der Waals surface area contributed by atoms with Crippen LogP contribution in [0, 0.1) is 0 Å². The molecule has 0 heterocycles. The van der Waals surface area contributed by atoms with Gasteiger partial charge in [-0.1, -0.05) is 22.9 Å². The van der Waals surface area contributed by atoms with Crippen LogP contribution in [-0.2, 0) is 4.79 Å². The van der Waals surface area contributed by atoms with Gasteiger partial charge in [0, 0.05) is 10.9 Å². The zero-order chi connectivity index (χ0) is 13.1. The maximum absolute atomic E-state index is 12.1. The molecule has 0 aliphatic carbocycles. The molecule has 1 amide bonds. The van der Waals surface area contributed by atoms with Gasteiger partial charge in [-0.3, -0.25) is 4.79 Å². The number of alkyl halides is 3. The fraction of sp³-hybridized carbons (Fsp3) is 0.300. The number of ether oxygens (including phenoxy) is 1. The molecule has 1 aromatic carbocycles. The zero-order valence-electron chi connectivity index (χ0n) is 8.77. The first-order valence-corrected chi connectivity index (χ1v) is 5.46. The number of anilines is 1. The van der Waals surface area contributed by atoms with E-state index in [1.807, 2.05) is 0 Å². The minimum atomic E-state index is -4.80. The maximum atomic E-state index is 12.1. The lowest BCUT2D eigenvalue weighted by Crippen LogP contribution is -2.19. The smallest absolute Gasteiger partial charge is 0.404 e. The van der Waals surface area contributed by atoms with E-state index < -0.39 is 12.1 Å². The van der Waals surface area contributed by atoms with Crippen LogP contribution in [0.2, 0.25) is 0 Å². The van der Waals surface area contributed by atoms with Crippen molar-refractivity contribution in [3.63, 3.8) is 0 Å². The second kappa shape index (κ2) is 5.39. The summed E-state index contributed by atoms with van der Waals surface area (Å²) in [5, 5.41) is 2.33. The SMILES string of the molecule is CCC(=O)Nc1ccc(Br)cc1OC(F)(F)F. The topological polar surface area (TPSA) is 38.3 Å².